The van der Waals surface area contributed by atoms with Gasteiger partial charge in [0.2, 0.25) is 0 Å². The number of benzene rings is 1. The molecule has 0 aliphatic heterocycles. The van der Waals surface area contributed by atoms with Crippen molar-refractivity contribution >= 4 is 5.69 Å². The summed E-state index contributed by atoms with van der Waals surface area (Å²) in [7, 11) is 0. The van der Waals surface area contributed by atoms with Gasteiger partial charge in [-0.2, -0.15) is 13.2 Å². The molecule has 94 valence electrons. The van der Waals surface area contributed by atoms with E-state index in [1.54, 1.807) is 0 Å². The molecule has 0 spiro atoms. The molecule has 0 saturated carbocycles. The Morgan fingerprint density at radius 2 is 2.06 bits per heavy atom. The summed E-state index contributed by atoms with van der Waals surface area (Å²) >= 11 is 0. The molecule has 1 N–H and O–H groups in total. The highest BCUT2D eigenvalue weighted by Crippen LogP contribution is 2.28. The number of nitrogens with zero attached hydrogens (tertiary/aromatic N) is 1. The van der Waals surface area contributed by atoms with Crippen molar-refractivity contribution < 1.29 is 23.2 Å². The van der Waals surface area contributed by atoms with Crippen LogP contribution in [-0.2, 0) is 6.42 Å². The first kappa shape index (κ1) is 13.4. The summed E-state index contributed by atoms with van der Waals surface area (Å²) in [4.78, 5) is 9.89. The van der Waals surface area contributed by atoms with E-state index in [9.17, 15) is 23.3 Å². The zero-order valence-electron chi connectivity index (χ0n) is 8.86. The third-order valence-corrected chi connectivity index (χ3v) is 2.36. The molecular weight excluding hydrogens is 239 g/mol. The lowest BCUT2D eigenvalue weighted by molar-refractivity contribution is -0.385. The van der Waals surface area contributed by atoms with Crippen molar-refractivity contribution in [2.45, 2.75) is 25.6 Å². The van der Waals surface area contributed by atoms with Crippen LogP contribution in [0.25, 0.3) is 0 Å². The van der Waals surface area contributed by atoms with Gasteiger partial charge >= 0.3 is 6.18 Å². The van der Waals surface area contributed by atoms with Gasteiger partial charge in [-0.15, -0.1) is 0 Å². The van der Waals surface area contributed by atoms with Gasteiger partial charge in [-0.05, 0) is 12.5 Å². The van der Waals surface area contributed by atoms with Crippen LogP contribution in [0.3, 0.4) is 0 Å². The molecule has 4 nitrogen and oxygen atoms in total. The molecule has 1 aromatic rings. The normalized spacial score (nSPS) is 13.5. The summed E-state index contributed by atoms with van der Waals surface area (Å²) < 4.78 is 36.5. The molecule has 7 heteroatoms. The van der Waals surface area contributed by atoms with Gasteiger partial charge in [0.15, 0.2) is 6.10 Å². The van der Waals surface area contributed by atoms with E-state index in [0.29, 0.717) is 5.56 Å². The summed E-state index contributed by atoms with van der Waals surface area (Å²) in [5, 5.41) is 19.6. The molecule has 0 amide bonds. The highest BCUT2D eigenvalue weighted by atomic mass is 19.4. The maximum atomic E-state index is 12.2. The lowest BCUT2D eigenvalue weighted by Gasteiger charge is -2.15. The number of rotatable bonds is 3. The number of hydrogen-bond donors (Lipinski definition) is 1. The minimum Gasteiger partial charge on any atom is -0.383 e. The lowest BCUT2D eigenvalue weighted by Crippen LogP contribution is -2.31. The van der Waals surface area contributed by atoms with Crippen LogP contribution < -0.4 is 0 Å². The third-order valence-electron chi connectivity index (χ3n) is 2.36. The summed E-state index contributed by atoms with van der Waals surface area (Å²) in [6, 6.07) is 3.97. The van der Waals surface area contributed by atoms with E-state index in [2.05, 4.69) is 0 Å². The number of alkyl halides is 3. The van der Waals surface area contributed by atoms with E-state index in [-0.39, 0.29) is 5.56 Å². The fourth-order valence-corrected chi connectivity index (χ4v) is 1.43. The van der Waals surface area contributed by atoms with E-state index in [4.69, 9.17) is 5.11 Å². The fraction of sp³-hybridized carbons (Fsp3) is 0.400. The quantitative estimate of drug-likeness (QED) is 0.660. The maximum absolute atomic E-state index is 12.2. The average Bonchev–Trinajstić information content (AvgIpc) is 2.18. The smallest absolute Gasteiger partial charge is 0.383 e. The first-order valence-electron chi connectivity index (χ1n) is 4.71. The standard InChI is InChI=1S/C10H10F3NO3/c1-6-3-2-4-8(14(16)17)7(6)5-9(15)10(11,12)13/h2-4,9,15H,5H2,1H3. The Hall–Kier alpha value is -1.63. The van der Waals surface area contributed by atoms with Crippen molar-refractivity contribution in [2.24, 2.45) is 0 Å². The highest BCUT2D eigenvalue weighted by molar-refractivity contribution is 5.45. The second-order valence-corrected chi connectivity index (χ2v) is 3.59. The fourth-order valence-electron chi connectivity index (χ4n) is 1.43. The van der Waals surface area contributed by atoms with Crippen LogP contribution in [0.4, 0.5) is 18.9 Å². The number of hydrogen-bond acceptors (Lipinski definition) is 3. The van der Waals surface area contributed by atoms with Crippen molar-refractivity contribution in [1.82, 2.24) is 0 Å². The number of halogens is 3. The van der Waals surface area contributed by atoms with Gasteiger partial charge < -0.3 is 5.11 Å². The minimum atomic E-state index is -4.78. The van der Waals surface area contributed by atoms with Crippen LogP contribution in [0.1, 0.15) is 11.1 Å². The van der Waals surface area contributed by atoms with Crippen molar-refractivity contribution in [3.8, 4) is 0 Å². The van der Waals surface area contributed by atoms with Crippen LogP contribution in [0.5, 0.6) is 0 Å². The third kappa shape index (κ3) is 3.16. The molecular formula is C10H10F3NO3. The zero-order valence-corrected chi connectivity index (χ0v) is 8.86. The monoisotopic (exact) mass is 249 g/mol. The van der Waals surface area contributed by atoms with Gasteiger partial charge in [0.05, 0.1) is 4.92 Å². The second kappa shape index (κ2) is 4.70. The molecule has 0 radical (unpaired) electrons. The van der Waals surface area contributed by atoms with E-state index in [1.165, 1.54) is 19.1 Å². The molecule has 0 saturated heterocycles. The average molecular weight is 249 g/mol. The van der Waals surface area contributed by atoms with E-state index < -0.39 is 29.3 Å². The molecule has 0 heterocycles. The second-order valence-electron chi connectivity index (χ2n) is 3.59. The SMILES string of the molecule is Cc1cccc([N+](=O)[O-])c1CC(O)C(F)(F)F. The molecule has 0 aliphatic rings. The van der Waals surface area contributed by atoms with Crippen LogP contribution >= 0.6 is 0 Å². The first-order chi connectivity index (χ1) is 7.73. The Morgan fingerprint density at radius 1 is 1.47 bits per heavy atom. The Kier molecular flexibility index (Phi) is 3.72. The molecule has 0 aliphatic carbocycles. The van der Waals surface area contributed by atoms with Crippen LogP contribution in [0.15, 0.2) is 18.2 Å². The van der Waals surface area contributed by atoms with Crippen LogP contribution in [0.2, 0.25) is 0 Å². The van der Waals surface area contributed by atoms with E-state index >= 15 is 0 Å². The summed E-state index contributed by atoms with van der Waals surface area (Å²) in [6.45, 7) is 1.46. The van der Waals surface area contributed by atoms with Crippen LogP contribution in [0, 0.1) is 17.0 Å². The molecule has 1 unspecified atom stereocenters. The van der Waals surface area contributed by atoms with Gasteiger partial charge in [-0.1, -0.05) is 12.1 Å². The molecule has 0 bridgehead atoms. The summed E-state index contributed by atoms with van der Waals surface area (Å²) in [5.74, 6) is 0. The van der Waals surface area contributed by atoms with Gasteiger partial charge in [-0.25, -0.2) is 0 Å². The van der Waals surface area contributed by atoms with Crippen LogP contribution in [-0.4, -0.2) is 22.3 Å². The first-order valence-corrected chi connectivity index (χ1v) is 4.71. The molecule has 1 rings (SSSR count). The zero-order chi connectivity index (χ0) is 13.2. The highest BCUT2D eigenvalue weighted by Gasteiger charge is 2.39. The Balaban J connectivity index is 3.09. The summed E-state index contributed by atoms with van der Waals surface area (Å²) in [6.07, 6.45) is -8.19. The number of nitro groups is 1. The van der Waals surface area contributed by atoms with Crippen molar-refractivity contribution in [3.63, 3.8) is 0 Å². The lowest BCUT2D eigenvalue weighted by atomic mass is 10.0. The summed E-state index contributed by atoms with van der Waals surface area (Å²) in [5.41, 5.74) is -0.155. The topological polar surface area (TPSA) is 63.4 Å². The van der Waals surface area contributed by atoms with Gasteiger partial charge in [0.25, 0.3) is 5.69 Å². The molecule has 1 aromatic carbocycles. The Bertz CT molecular complexity index is 431. The van der Waals surface area contributed by atoms with Crippen molar-refractivity contribution in [1.29, 1.82) is 0 Å². The number of nitro benzene ring substituents is 1. The molecule has 0 aromatic heterocycles. The molecule has 0 fully saturated rings. The predicted molar refractivity (Wildman–Crippen MR) is 53.6 cm³/mol. The Morgan fingerprint density at radius 3 is 2.53 bits per heavy atom. The van der Waals surface area contributed by atoms with Crippen molar-refractivity contribution in [3.05, 3.63) is 39.4 Å². The van der Waals surface area contributed by atoms with Gasteiger partial charge in [0, 0.05) is 18.1 Å². The van der Waals surface area contributed by atoms with Crippen molar-refractivity contribution in [2.75, 3.05) is 0 Å². The maximum Gasteiger partial charge on any atom is 0.414 e. The minimum absolute atomic E-state index is 0.0951. The number of aryl methyl sites for hydroxylation is 1. The molecule has 1 atom stereocenters. The molecule has 17 heavy (non-hydrogen) atoms. The van der Waals surface area contributed by atoms with E-state index in [1.807, 2.05) is 0 Å². The number of aliphatic hydroxyl groups excluding tert-OH is 1. The van der Waals surface area contributed by atoms with Gasteiger partial charge in [0.1, 0.15) is 0 Å². The predicted octanol–water partition coefficient (Wildman–Crippen LogP) is 2.37. The Labute approximate surface area is 94.8 Å². The largest absolute Gasteiger partial charge is 0.414 e. The van der Waals surface area contributed by atoms with Gasteiger partial charge in [-0.3, -0.25) is 10.1 Å². The van der Waals surface area contributed by atoms with E-state index in [0.717, 1.165) is 6.07 Å². The number of aliphatic hydroxyl groups is 1.